The molecule has 2 rings (SSSR count). The molecular formula is C14H15NO2. The number of carboxylic acids is 1. The Morgan fingerprint density at radius 2 is 2.24 bits per heavy atom. The average Bonchev–Trinajstić information content (AvgIpc) is 2.62. The summed E-state index contributed by atoms with van der Waals surface area (Å²) in [7, 11) is 0. The summed E-state index contributed by atoms with van der Waals surface area (Å²) in [6, 6.07) is 6.11. The Bertz CT molecular complexity index is 594. The van der Waals surface area contributed by atoms with Crippen LogP contribution in [-0.4, -0.2) is 16.1 Å². The molecule has 17 heavy (non-hydrogen) atoms. The van der Waals surface area contributed by atoms with E-state index in [0.29, 0.717) is 0 Å². The van der Waals surface area contributed by atoms with Crippen LogP contribution in [0.3, 0.4) is 0 Å². The number of aliphatic carboxylic acids is 1. The first-order valence-electron chi connectivity index (χ1n) is 5.64. The minimum Gasteiger partial charge on any atom is -0.478 e. The quantitative estimate of drug-likeness (QED) is 0.794. The summed E-state index contributed by atoms with van der Waals surface area (Å²) in [5, 5.41) is 9.76. The zero-order chi connectivity index (χ0) is 12.4. The molecule has 0 atom stereocenters. The highest BCUT2D eigenvalue weighted by atomic mass is 16.4. The molecule has 0 unspecified atom stereocenters. The van der Waals surface area contributed by atoms with Gasteiger partial charge in [0.05, 0.1) is 0 Å². The van der Waals surface area contributed by atoms with Crippen LogP contribution in [0.25, 0.3) is 17.0 Å². The molecule has 0 spiro atoms. The molecule has 0 saturated heterocycles. The lowest BCUT2D eigenvalue weighted by Gasteiger charge is -1.98. The first-order chi connectivity index (χ1) is 8.13. The Morgan fingerprint density at radius 3 is 2.88 bits per heavy atom. The van der Waals surface area contributed by atoms with Gasteiger partial charge in [-0.05, 0) is 25.0 Å². The second kappa shape index (κ2) is 4.45. The SMILES string of the molecule is CCc1cccc2c(/C=C/C(=O)O)c(C)[nH]c12. The maximum atomic E-state index is 10.6. The Balaban J connectivity index is 2.64. The molecule has 2 N–H and O–H groups in total. The number of rotatable bonds is 3. The van der Waals surface area contributed by atoms with Gasteiger partial charge < -0.3 is 10.1 Å². The highest BCUT2D eigenvalue weighted by molar-refractivity contribution is 5.95. The van der Waals surface area contributed by atoms with Gasteiger partial charge in [-0.3, -0.25) is 0 Å². The molecule has 0 fully saturated rings. The number of benzene rings is 1. The van der Waals surface area contributed by atoms with Gasteiger partial charge in [-0.1, -0.05) is 25.1 Å². The third kappa shape index (κ3) is 2.09. The van der Waals surface area contributed by atoms with Crippen LogP contribution in [0.1, 0.15) is 23.7 Å². The highest BCUT2D eigenvalue weighted by Crippen LogP contribution is 2.26. The number of aromatic amines is 1. The predicted octanol–water partition coefficient (Wildman–Crippen LogP) is 3.14. The topological polar surface area (TPSA) is 53.1 Å². The van der Waals surface area contributed by atoms with E-state index in [-0.39, 0.29) is 0 Å². The van der Waals surface area contributed by atoms with Crippen LogP contribution < -0.4 is 0 Å². The molecule has 1 aromatic heterocycles. The van der Waals surface area contributed by atoms with Gasteiger partial charge in [0, 0.05) is 28.2 Å². The van der Waals surface area contributed by atoms with Crippen LogP contribution in [0.2, 0.25) is 0 Å². The molecule has 1 aromatic carbocycles. The van der Waals surface area contributed by atoms with E-state index in [1.165, 1.54) is 11.6 Å². The summed E-state index contributed by atoms with van der Waals surface area (Å²) >= 11 is 0. The first-order valence-corrected chi connectivity index (χ1v) is 5.64. The number of para-hydroxylation sites is 1. The van der Waals surface area contributed by atoms with Crippen molar-refractivity contribution in [3.8, 4) is 0 Å². The van der Waals surface area contributed by atoms with Crippen molar-refractivity contribution in [1.29, 1.82) is 0 Å². The predicted molar refractivity (Wildman–Crippen MR) is 69.1 cm³/mol. The number of aryl methyl sites for hydroxylation is 2. The lowest BCUT2D eigenvalue weighted by atomic mass is 10.1. The summed E-state index contributed by atoms with van der Waals surface area (Å²) in [5.74, 6) is -0.926. The van der Waals surface area contributed by atoms with E-state index in [4.69, 9.17) is 5.11 Å². The zero-order valence-corrected chi connectivity index (χ0v) is 9.95. The van der Waals surface area contributed by atoms with E-state index in [1.807, 2.05) is 19.1 Å². The number of nitrogens with one attached hydrogen (secondary N) is 1. The van der Waals surface area contributed by atoms with Crippen LogP contribution in [0.15, 0.2) is 24.3 Å². The minimum absolute atomic E-state index is 0.926. The highest BCUT2D eigenvalue weighted by Gasteiger charge is 2.08. The summed E-state index contributed by atoms with van der Waals surface area (Å²) in [4.78, 5) is 13.9. The zero-order valence-electron chi connectivity index (χ0n) is 9.95. The van der Waals surface area contributed by atoms with Gasteiger partial charge in [-0.2, -0.15) is 0 Å². The summed E-state index contributed by atoms with van der Waals surface area (Å²) < 4.78 is 0. The summed E-state index contributed by atoms with van der Waals surface area (Å²) in [5.41, 5.74) is 4.31. The van der Waals surface area contributed by atoms with Crippen molar-refractivity contribution in [2.45, 2.75) is 20.3 Å². The van der Waals surface area contributed by atoms with Gasteiger partial charge in [-0.15, -0.1) is 0 Å². The number of H-pyrrole nitrogens is 1. The molecule has 0 saturated carbocycles. The Labute approximate surface area is 99.8 Å². The lowest BCUT2D eigenvalue weighted by Crippen LogP contribution is -1.86. The molecule has 1 heterocycles. The molecule has 0 aliphatic carbocycles. The largest absolute Gasteiger partial charge is 0.478 e. The maximum absolute atomic E-state index is 10.6. The molecule has 0 aliphatic rings. The van der Waals surface area contributed by atoms with Crippen molar-refractivity contribution in [3.05, 3.63) is 41.1 Å². The van der Waals surface area contributed by atoms with Crippen LogP contribution in [0.4, 0.5) is 0 Å². The number of carboxylic acid groups (broad SMARTS) is 1. The smallest absolute Gasteiger partial charge is 0.328 e. The van der Waals surface area contributed by atoms with Crippen LogP contribution in [0.5, 0.6) is 0 Å². The molecule has 0 amide bonds. The van der Waals surface area contributed by atoms with Crippen LogP contribution in [-0.2, 0) is 11.2 Å². The van der Waals surface area contributed by atoms with E-state index in [9.17, 15) is 4.79 Å². The fraction of sp³-hybridized carbons (Fsp3) is 0.214. The molecule has 0 bridgehead atoms. The van der Waals surface area contributed by atoms with Crippen LogP contribution >= 0.6 is 0 Å². The average molecular weight is 229 g/mol. The van der Waals surface area contributed by atoms with E-state index >= 15 is 0 Å². The van der Waals surface area contributed by atoms with E-state index in [2.05, 4.69) is 18.0 Å². The van der Waals surface area contributed by atoms with Crippen LogP contribution in [0, 0.1) is 6.92 Å². The second-order valence-electron chi connectivity index (χ2n) is 4.03. The number of aromatic nitrogens is 1. The lowest BCUT2D eigenvalue weighted by molar-refractivity contribution is -0.131. The molecule has 2 aromatic rings. The fourth-order valence-corrected chi connectivity index (χ4v) is 2.09. The van der Waals surface area contributed by atoms with Crippen molar-refractivity contribution < 1.29 is 9.90 Å². The van der Waals surface area contributed by atoms with Gasteiger partial charge >= 0.3 is 5.97 Å². The van der Waals surface area contributed by atoms with Crippen molar-refractivity contribution >= 4 is 22.9 Å². The van der Waals surface area contributed by atoms with Gasteiger partial charge in [0.2, 0.25) is 0 Å². The summed E-state index contributed by atoms with van der Waals surface area (Å²) in [6.45, 7) is 4.07. The standard InChI is InChI=1S/C14H15NO2/c1-3-10-5-4-6-12-11(7-8-13(16)17)9(2)15-14(10)12/h4-8,15H,3H2,1-2H3,(H,16,17)/b8-7+. The molecule has 0 aliphatic heterocycles. The van der Waals surface area contributed by atoms with Gasteiger partial charge in [0.25, 0.3) is 0 Å². The van der Waals surface area contributed by atoms with E-state index in [0.717, 1.165) is 28.6 Å². The third-order valence-corrected chi connectivity index (χ3v) is 2.93. The van der Waals surface area contributed by atoms with Gasteiger partial charge in [0.15, 0.2) is 0 Å². The van der Waals surface area contributed by atoms with Gasteiger partial charge in [-0.25, -0.2) is 4.79 Å². The number of fused-ring (bicyclic) bond motifs is 1. The minimum atomic E-state index is -0.926. The van der Waals surface area contributed by atoms with E-state index in [1.54, 1.807) is 6.08 Å². The first kappa shape index (κ1) is 11.5. The van der Waals surface area contributed by atoms with E-state index < -0.39 is 5.97 Å². The third-order valence-electron chi connectivity index (χ3n) is 2.93. The van der Waals surface area contributed by atoms with Gasteiger partial charge in [0.1, 0.15) is 0 Å². The summed E-state index contributed by atoms with van der Waals surface area (Å²) in [6.07, 6.45) is 3.78. The molecular weight excluding hydrogens is 214 g/mol. The monoisotopic (exact) mass is 229 g/mol. The molecule has 88 valence electrons. The van der Waals surface area contributed by atoms with Crippen molar-refractivity contribution in [1.82, 2.24) is 4.98 Å². The molecule has 3 nitrogen and oxygen atoms in total. The molecule has 0 radical (unpaired) electrons. The normalized spacial score (nSPS) is 11.4. The molecule has 3 heteroatoms. The van der Waals surface area contributed by atoms with Crippen molar-refractivity contribution in [2.24, 2.45) is 0 Å². The number of hydrogen-bond acceptors (Lipinski definition) is 1. The maximum Gasteiger partial charge on any atom is 0.328 e. The number of carbonyl (C=O) groups is 1. The fourth-order valence-electron chi connectivity index (χ4n) is 2.09. The second-order valence-corrected chi connectivity index (χ2v) is 4.03. The van der Waals surface area contributed by atoms with Crippen molar-refractivity contribution in [2.75, 3.05) is 0 Å². The number of hydrogen-bond donors (Lipinski definition) is 2. The van der Waals surface area contributed by atoms with Crippen molar-refractivity contribution in [3.63, 3.8) is 0 Å². The Hall–Kier alpha value is -2.03. The Morgan fingerprint density at radius 1 is 1.47 bits per heavy atom. The Kier molecular flexibility index (Phi) is 3.00.